The number of phenolic OH excluding ortho intramolecular Hbond substituents is 2. The van der Waals surface area contributed by atoms with Crippen LogP contribution >= 0.6 is 0 Å². The smallest absolute Gasteiger partial charge is 0.408 e. The molecule has 1 aliphatic heterocycles. The van der Waals surface area contributed by atoms with Crippen molar-refractivity contribution in [1.29, 1.82) is 0 Å². The van der Waals surface area contributed by atoms with Crippen LogP contribution in [-0.2, 0) is 64.1 Å². The molecule has 458 valence electrons. The van der Waals surface area contributed by atoms with Crippen LogP contribution < -0.4 is 31.3 Å². The van der Waals surface area contributed by atoms with Crippen molar-refractivity contribution in [1.82, 2.24) is 21.3 Å². The Kier molecular flexibility index (Phi) is 21.3. The predicted octanol–water partition coefficient (Wildman–Crippen LogP) is 5.09. The number of hydrogen-bond donors (Lipinski definition) is 11. The largest absolute Gasteiger partial charge is 0.507 e. The number of aliphatic hydroxyl groups excluding tert-OH is 3. The first-order chi connectivity index (χ1) is 41.3. The fraction of sp³-hybridized carbons (Fsp3) is 0.403. The Hall–Kier alpha value is -8.65. The van der Waals surface area contributed by atoms with Gasteiger partial charge in [0.2, 0.25) is 11.8 Å². The van der Waals surface area contributed by atoms with E-state index in [1.165, 1.54) is 32.2 Å². The first kappa shape index (κ1) is 63.4. The maximum atomic E-state index is 14.1. The lowest BCUT2D eigenvalue weighted by Crippen LogP contribution is -2.56. The molecule has 11 N–H and O–H groups in total. The third-order valence-corrected chi connectivity index (χ3v) is 15.3. The highest BCUT2D eigenvalue weighted by atomic mass is 16.7. The van der Waals surface area contributed by atoms with E-state index in [1.54, 1.807) is 55.5 Å². The topological polar surface area (TPSA) is 356 Å². The number of ketones is 2. The second-order valence-corrected chi connectivity index (χ2v) is 21.1. The summed E-state index contributed by atoms with van der Waals surface area (Å²) in [5.74, 6) is -4.36. The zero-order chi connectivity index (χ0) is 61.7. The maximum absolute atomic E-state index is 14.1. The highest BCUT2D eigenvalue weighted by Gasteiger charge is 2.50. The van der Waals surface area contributed by atoms with E-state index in [-0.39, 0.29) is 79.2 Å². The van der Waals surface area contributed by atoms with Gasteiger partial charge in [-0.05, 0) is 80.8 Å². The average Bonchev–Trinajstić information content (AvgIpc) is 0.789. The standard InChI is InChI=1S/C62H71N5O19/c1-4-82-59(77)63-27-12-11-19-41(65-58(76)42(26-23-35-14-7-5-8-15-35)66-60(78)83-32-36-16-9-6-10-17-36)57(75)64-38-24-21-37(22-25-38)33-84-61(79)67-43-28-47(85-34(2)52(43)70)86-45-30-62(80,46(69)31-68)29-40-49(45)56(74)51-50(54(40)72)53(71)39-18-13-20-44(81-3)48(39)55(51)73/h5-10,13-18,20-22,24-25,34,41-43,45,47,52,55,68,70,72-74,80H,4,11-12,19,23,26-33H2,1-3H3,(H,63,77)(H,64,75)(H,65,76)(H,66,78)(H,67,79)/t34?,41-,42-,43?,45-,47?,52?,55?,62-/m0/s1. The van der Waals surface area contributed by atoms with Gasteiger partial charge in [0.15, 0.2) is 17.9 Å². The number of amides is 5. The zero-order valence-electron chi connectivity index (χ0n) is 47.6. The van der Waals surface area contributed by atoms with Crippen molar-refractivity contribution >= 4 is 47.3 Å². The number of methoxy groups -OCH3 is 1. The minimum absolute atomic E-state index is 0.0261. The number of carbonyl (C=O) groups excluding carboxylic acids is 7. The zero-order valence-corrected chi connectivity index (χ0v) is 47.6. The minimum atomic E-state index is -2.40. The molecule has 24 nitrogen and oxygen atoms in total. The number of anilines is 1. The Bertz CT molecular complexity index is 3240. The molecule has 3 aliphatic rings. The summed E-state index contributed by atoms with van der Waals surface area (Å²) in [5, 5.41) is 81.8. The van der Waals surface area contributed by atoms with Gasteiger partial charge in [0, 0.05) is 59.3 Å². The number of benzene rings is 5. The van der Waals surface area contributed by atoms with Gasteiger partial charge in [0.25, 0.3) is 0 Å². The molecule has 24 heteroatoms. The third kappa shape index (κ3) is 15.2. The monoisotopic (exact) mass is 1190 g/mol. The normalized spacial score (nSPS) is 20.9. The van der Waals surface area contributed by atoms with Gasteiger partial charge in [0.05, 0.1) is 37.5 Å². The second-order valence-electron chi connectivity index (χ2n) is 21.1. The number of aryl methyl sites for hydroxylation is 1. The molecule has 1 saturated heterocycles. The molecule has 0 spiro atoms. The highest BCUT2D eigenvalue weighted by molar-refractivity contribution is 6.15. The van der Waals surface area contributed by atoms with Crippen LogP contribution in [0, 0.1) is 0 Å². The number of phenols is 2. The lowest BCUT2D eigenvalue weighted by Gasteiger charge is -2.43. The Morgan fingerprint density at radius 2 is 1.40 bits per heavy atom. The van der Waals surface area contributed by atoms with Crippen LogP contribution in [0.15, 0.2) is 103 Å². The molecule has 86 heavy (non-hydrogen) atoms. The first-order valence-corrected chi connectivity index (χ1v) is 28.2. The summed E-state index contributed by atoms with van der Waals surface area (Å²) in [5.41, 5.74) is -1.24. The molecule has 1 fully saturated rings. The van der Waals surface area contributed by atoms with Gasteiger partial charge in [-0.2, -0.15) is 0 Å². The van der Waals surface area contributed by atoms with Crippen LogP contribution in [0.3, 0.4) is 0 Å². The molecule has 8 rings (SSSR count). The molecule has 1 heterocycles. The summed E-state index contributed by atoms with van der Waals surface area (Å²) in [7, 11) is 1.33. The number of ether oxygens (including phenoxy) is 6. The van der Waals surface area contributed by atoms with Crippen LogP contribution in [0.25, 0.3) is 0 Å². The van der Waals surface area contributed by atoms with Crippen molar-refractivity contribution in [2.75, 3.05) is 32.2 Å². The Labute approximate surface area is 495 Å². The molecular weight excluding hydrogens is 1120 g/mol. The molecule has 0 saturated carbocycles. The summed E-state index contributed by atoms with van der Waals surface area (Å²) >= 11 is 0. The van der Waals surface area contributed by atoms with E-state index >= 15 is 0 Å². The summed E-state index contributed by atoms with van der Waals surface area (Å²) < 4.78 is 33.6. The van der Waals surface area contributed by atoms with E-state index in [0.29, 0.717) is 30.5 Å². The average molecular weight is 1190 g/mol. The maximum Gasteiger partial charge on any atom is 0.408 e. The predicted molar refractivity (Wildman–Crippen MR) is 306 cm³/mol. The number of aliphatic hydroxyl groups is 4. The SMILES string of the molecule is CCOC(=O)NCCCC[C@H](NC(=O)[C@H](CCc1ccccc1)NC(=O)OCc1ccccc1)C(=O)Nc1ccc(COC(=O)NC2CC(O[C@H]3C[C@](O)(C(=O)CO)Cc4c(O)c5c(c(O)c43)C(O)c3c(OC)cccc3C5=O)OC(C)C2O)cc1. The van der Waals surface area contributed by atoms with Crippen LogP contribution in [0.1, 0.15) is 119 Å². The van der Waals surface area contributed by atoms with Crippen molar-refractivity contribution < 1.29 is 92.6 Å². The molecule has 5 amide bonds. The number of nitrogens with one attached hydrogen (secondary N) is 5. The van der Waals surface area contributed by atoms with Crippen molar-refractivity contribution in [3.05, 3.63) is 153 Å². The number of alkyl carbamates (subject to hydrolysis) is 3. The molecule has 5 unspecified atom stereocenters. The molecule has 0 radical (unpaired) electrons. The number of rotatable bonds is 24. The molecule has 5 aromatic carbocycles. The van der Waals surface area contributed by atoms with Gasteiger partial charge >= 0.3 is 18.3 Å². The van der Waals surface area contributed by atoms with E-state index in [4.69, 9.17) is 28.4 Å². The third-order valence-electron chi connectivity index (χ3n) is 15.3. The molecule has 5 aromatic rings. The van der Waals surface area contributed by atoms with E-state index in [9.17, 15) is 64.2 Å². The van der Waals surface area contributed by atoms with Gasteiger partial charge in [-0.15, -0.1) is 0 Å². The van der Waals surface area contributed by atoms with Gasteiger partial charge in [-0.3, -0.25) is 19.2 Å². The van der Waals surface area contributed by atoms with Gasteiger partial charge in [-0.1, -0.05) is 84.9 Å². The van der Waals surface area contributed by atoms with Crippen LogP contribution in [0.5, 0.6) is 17.2 Å². The van der Waals surface area contributed by atoms with Crippen molar-refractivity contribution in [2.24, 2.45) is 0 Å². The Morgan fingerprint density at radius 3 is 2.07 bits per heavy atom. The second kappa shape index (κ2) is 29.0. The van der Waals surface area contributed by atoms with Crippen LogP contribution in [0.2, 0.25) is 0 Å². The molecule has 2 aliphatic carbocycles. The summed E-state index contributed by atoms with van der Waals surface area (Å²) in [6, 6.07) is 25.7. The quantitative estimate of drug-likeness (QED) is 0.0218. The molecule has 0 aromatic heterocycles. The summed E-state index contributed by atoms with van der Waals surface area (Å²) in [6.07, 6.45) is -9.30. The number of Topliss-reactive ketones (excluding diaryl/α,β-unsaturated/α-hetero) is 1. The van der Waals surface area contributed by atoms with Gasteiger partial charge in [0.1, 0.15) is 67.0 Å². The van der Waals surface area contributed by atoms with Crippen molar-refractivity contribution in [3.8, 4) is 17.2 Å². The van der Waals surface area contributed by atoms with Crippen molar-refractivity contribution in [2.45, 2.75) is 133 Å². The fourth-order valence-corrected chi connectivity index (χ4v) is 10.8. The number of unbranched alkanes of at least 4 members (excludes halogenated alkanes) is 1. The molecular formula is C62H71N5O19. The summed E-state index contributed by atoms with van der Waals surface area (Å²) in [6.45, 7) is 2.16. The lowest BCUT2D eigenvalue weighted by atomic mass is 9.71. The fourth-order valence-electron chi connectivity index (χ4n) is 10.8. The van der Waals surface area contributed by atoms with Gasteiger partial charge in [-0.25, -0.2) is 14.4 Å². The van der Waals surface area contributed by atoms with Gasteiger partial charge < -0.3 is 85.6 Å². The summed E-state index contributed by atoms with van der Waals surface area (Å²) in [4.78, 5) is 93.5. The van der Waals surface area contributed by atoms with Crippen LogP contribution in [0.4, 0.5) is 20.1 Å². The highest BCUT2D eigenvalue weighted by Crippen LogP contribution is 2.55. The minimum Gasteiger partial charge on any atom is -0.507 e. The van der Waals surface area contributed by atoms with E-state index < -0.39 is 133 Å². The number of carbonyl (C=O) groups is 7. The lowest BCUT2D eigenvalue weighted by molar-refractivity contribution is -0.249. The van der Waals surface area contributed by atoms with Crippen LogP contribution in [-0.4, -0.2) is 141 Å². The van der Waals surface area contributed by atoms with E-state index in [1.807, 2.05) is 36.4 Å². The first-order valence-electron chi connectivity index (χ1n) is 28.2. The van der Waals surface area contributed by atoms with E-state index in [2.05, 4.69) is 26.6 Å². The number of aromatic hydroxyl groups is 2. The number of fused-ring (bicyclic) bond motifs is 3. The Balaban J connectivity index is 0.909. The van der Waals surface area contributed by atoms with Crippen molar-refractivity contribution in [3.63, 3.8) is 0 Å². The number of hydrogen-bond acceptors (Lipinski definition) is 19. The molecule has 9 atom stereocenters. The molecule has 0 bridgehead atoms. The van der Waals surface area contributed by atoms with E-state index in [0.717, 1.165) is 11.1 Å². The Morgan fingerprint density at radius 1 is 0.733 bits per heavy atom.